The van der Waals surface area contributed by atoms with Gasteiger partial charge in [0.05, 0.1) is 23.6 Å². The Morgan fingerprint density at radius 1 is 1.17 bits per heavy atom. The van der Waals surface area contributed by atoms with Gasteiger partial charge in [0.25, 0.3) is 0 Å². The van der Waals surface area contributed by atoms with Crippen molar-refractivity contribution in [1.29, 1.82) is 5.26 Å². The zero-order valence-electron chi connectivity index (χ0n) is 11.9. The van der Waals surface area contributed by atoms with E-state index in [1.807, 2.05) is 0 Å². The smallest absolute Gasteiger partial charge is 0.335 e. The molecule has 0 saturated carbocycles. The molecule has 0 aliphatic heterocycles. The third-order valence-corrected chi connectivity index (χ3v) is 3.26. The summed E-state index contributed by atoms with van der Waals surface area (Å²) < 4.78 is 5.60. The van der Waals surface area contributed by atoms with Crippen molar-refractivity contribution < 1.29 is 14.3 Å². The molecular weight excluding hydrogens is 294 g/mol. The maximum atomic E-state index is 10.8. The Hall–Kier alpha value is -3.46. The van der Waals surface area contributed by atoms with Gasteiger partial charge in [-0.1, -0.05) is 18.2 Å². The van der Waals surface area contributed by atoms with Gasteiger partial charge in [-0.15, -0.1) is 10.2 Å². The molecule has 3 rings (SSSR count). The normalized spacial score (nSPS) is 10.2. The van der Waals surface area contributed by atoms with E-state index in [0.717, 1.165) is 5.56 Å². The van der Waals surface area contributed by atoms with Crippen molar-refractivity contribution in [3.05, 3.63) is 71.1 Å². The summed E-state index contributed by atoms with van der Waals surface area (Å²) in [6, 6.07) is 15.5. The van der Waals surface area contributed by atoms with Crippen molar-refractivity contribution in [2.75, 3.05) is 0 Å². The van der Waals surface area contributed by atoms with Crippen LogP contribution in [-0.4, -0.2) is 21.3 Å². The number of carbonyl (C=O) groups is 1. The zero-order chi connectivity index (χ0) is 16.2. The lowest BCUT2D eigenvalue weighted by atomic mass is 10.1. The molecule has 0 radical (unpaired) electrons. The van der Waals surface area contributed by atoms with Gasteiger partial charge in [-0.05, 0) is 35.9 Å². The zero-order valence-corrected chi connectivity index (χ0v) is 11.9. The van der Waals surface area contributed by atoms with Crippen molar-refractivity contribution in [2.45, 2.75) is 6.42 Å². The second kappa shape index (κ2) is 6.12. The third kappa shape index (κ3) is 3.24. The Labute approximate surface area is 131 Å². The molecule has 6 heteroatoms. The highest BCUT2D eigenvalue weighted by atomic mass is 16.4. The number of benzene rings is 2. The lowest BCUT2D eigenvalue weighted by Gasteiger charge is -1.98. The number of aromatic nitrogens is 2. The predicted octanol–water partition coefficient (Wildman–Crippen LogP) is 2.90. The average Bonchev–Trinajstić information content (AvgIpc) is 3.04. The molecule has 112 valence electrons. The summed E-state index contributed by atoms with van der Waals surface area (Å²) in [6.07, 6.45) is 0.408. The monoisotopic (exact) mass is 305 g/mol. The number of hydrogen-bond donors (Lipinski definition) is 1. The Balaban J connectivity index is 1.79. The van der Waals surface area contributed by atoms with Crippen molar-refractivity contribution in [3.63, 3.8) is 0 Å². The molecule has 0 bridgehead atoms. The van der Waals surface area contributed by atoms with Gasteiger partial charge in [-0.3, -0.25) is 0 Å². The van der Waals surface area contributed by atoms with Crippen LogP contribution in [0.1, 0.15) is 27.4 Å². The summed E-state index contributed by atoms with van der Waals surface area (Å²) in [5.74, 6) is -0.196. The predicted molar refractivity (Wildman–Crippen MR) is 80.7 cm³/mol. The van der Waals surface area contributed by atoms with Gasteiger partial charge in [0.2, 0.25) is 11.8 Å². The summed E-state index contributed by atoms with van der Waals surface area (Å²) in [6.45, 7) is 0. The van der Waals surface area contributed by atoms with E-state index in [0.29, 0.717) is 29.3 Å². The fourth-order valence-electron chi connectivity index (χ4n) is 2.10. The van der Waals surface area contributed by atoms with Crippen LogP contribution in [0.4, 0.5) is 0 Å². The van der Waals surface area contributed by atoms with Gasteiger partial charge in [0.15, 0.2) is 0 Å². The molecular formula is C17H11N3O3. The second-order valence-corrected chi connectivity index (χ2v) is 4.87. The summed E-state index contributed by atoms with van der Waals surface area (Å²) in [7, 11) is 0. The first-order valence-electron chi connectivity index (χ1n) is 6.81. The number of aromatic carboxylic acids is 1. The van der Waals surface area contributed by atoms with E-state index < -0.39 is 5.97 Å². The van der Waals surface area contributed by atoms with Crippen LogP contribution in [0.25, 0.3) is 11.5 Å². The Morgan fingerprint density at radius 2 is 1.96 bits per heavy atom. The minimum atomic E-state index is -0.964. The van der Waals surface area contributed by atoms with Crippen LogP contribution in [0.2, 0.25) is 0 Å². The molecule has 2 aromatic carbocycles. The standard InChI is InChI=1S/C17H11N3O3/c18-10-12-2-1-3-14(8-12)16-20-19-15(23-16)9-11-4-6-13(7-5-11)17(21)22/h1-8H,9H2,(H,21,22). The fourth-order valence-corrected chi connectivity index (χ4v) is 2.10. The van der Waals surface area contributed by atoms with Gasteiger partial charge in [0.1, 0.15) is 0 Å². The third-order valence-electron chi connectivity index (χ3n) is 3.26. The van der Waals surface area contributed by atoms with E-state index in [2.05, 4.69) is 16.3 Å². The largest absolute Gasteiger partial charge is 0.478 e. The molecule has 0 amide bonds. The van der Waals surface area contributed by atoms with Crippen molar-refractivity contribution >= 4 is 5.97 Å². The summed E-state index contributed by atoms with van der Waals surface area (Å²) in [5.41, 5.74) is 2.31. The van der Waals surface area contributed by atoms with Crippen LogP contribution >= 0.6 is 0 Å². The van der Waals surface area contributed by atoms with Crippen LogP contribution < -0.4 is 0 Å². The van der Waals surface area contributed by atoms with Gasteiger partial charge >= 0.3 is 5.97 Å². The first kappa shape index (κ1) is 14.5. The number of nitriles is 1. The molecule has 6 nitrogen and oxygen atoms in total. The Morgan fingerprint density at radius 3 is 2.65 bits per heavy atom. The van der Waals surface area contributed by atoms with Crippen molar-refractivity contribution in [2.24, 2.45) is 0 Å². The maximum absolute atomic E-state index is 10.8. The van der Waals surface area contributed by atoms with Gasteiger partial charge in [-0.2, -0.15) is 5.26 Å². The first-order valence-corrected chi connectivity index (χ1v) is 6.81. The highest BCUT2D eigenvalue weighted by Gasteiger charge is 2.10. The number of carboxylic acid groups (broad SMARTS) is 1. The quantitative estimate of drug-likeness (QED) is 0.795. The van der Waals surface area contributed by atoms with Crippen LogP contribution in [0.3, 0.4) is 0 Å². The molecule has 0 spiro atoms. The van der Waals surface area contributed by atoms with E-state index in [9.17, 15) is 4.79 Å². The molecule has 0 saturated heterocycles. The van der Waals surface area contributed by atoms with E-state index in [1.165, 1.54) is 12.1 Å². The maximum Gasteiger partial charge on any atom is 0.335 e. The Bertz CT molecular complexity index is 892. The van der Waals surface area contributed by atoms with E-state index in [4.69, 9.17) is 14.8 Å². The van der Waals surface area contributed by atoms with Crippen molar-refractivity contribution in [1.82, 2.24) is 10.2 Å². The number of carboxylic acids is 1. The molecule has 0 aliphatic carbocycles. The van der Waals surface area contributed by atoms with E-state index >= 15 is 0 Å². The van der Waals surface area contributed by atoms with Crippen LogP contribution in [0.15, 0.2) is 52.9 Å². The van der Waals surface area contributed by atoms with E-state index in [1.54, 1.807) is 36.4 Å². The van der Waals surface area contributed by atoms with Crippen LogP contribution in [-0.2, 0) is 6.42 Å². The molecule has 3 aromatic rings. The van der Waals surface area contributed by atoms with E-state index in [-0.39, 0.29) is 5.56 Å². The number of hydrogen-bond acceptors (Lipinski definition) is 5. The van der Waals surface area contributed by atoms with Gasteiger partial charge < -0.3 is 9.52 Å². The molecule has 0 fully saturated rings. The summed E-state index contributed by atoms with van der Waals surface area (Å²) in [5, 5.41) is 25.8. The molecule has 0 atom stereocenters. The SMILES string of the molecule is N#Cc1cccc(-c2nnc(Cc3ccc(C(=O)O)cc3)o2)c1. The molecule has 23 heavy (non-hydrogen) atoms. The fraction of sp³-hybridized carbons (Fsp3) is 0.0588. The average molecular weight is 305 g/mol. The Kier molecular flexibility index (Phi) is 3.85. The molecule has 1 aromatic heterocycles. The first-order chi connectivity index (χ1) is 11.2. The van der Waals surface area contributed by atoms with Crippen molar-refractivity contribution in [3.8, 4) is 17.5 Å². The molecule has 1 heterocycles. The summed E-state index contributed by atoms with van der Waals surface area (Å²) in [4.78, 5) is 10.8. The van der Waals surface area contributed by atoms with Gasteiger partial charge in [-0.25, -0.2) is 4.79 Å². The van der Waals surface area contributed by atoms with Crippen LogP contribution in [0, 0.1) is 11.3 Å². The lowest BCUT2D eigenvalue weighted by Crippen LogP contribution is -1.96. The highest BCUT2D eigenvalue weighted by molar-refractivity contribution is 5.87. The number of rotatable bonds is 4. The topological polar surface area (TPSA) is 100 Å². The minimum absolute atomic E-state index is 0.230. The second-order valence-electron chi connectivity index (χ2n) is 4.87. The number of nitrogens with zero attached hydrogens (tertiary/aromatic N) is 3. The molecule has 0 aliphatic rings. The summed E-state index contributed by atoms with van der Waals surface area (Å²) >= 11 is 0. The van der Waals surface area contributed by atoms with Gasteiger partial charge in [0, 0.05) is 5.56 Å². The lowest BCUT2D eigenvalue weighted by molar-refractivity contribution is 0.0697. The molecule has 0 unspecified atom stereocenters. The highest BCUT2D eigenvalue weighted by Crippen LogP contribution is 2.20. The van der Waals surface area contributed by atoms with Crippen LogP contribution in [0.5, 0.6) is 0 Å². The molecule has 1 N–H and O–H groups in total. The minimum Gasteiger partial charge on any atom is -0.478 e.